The number of esters is 1. The van der Waals surface area contributed by atoms with Crippen molar-refractivity contribution in [2.24, 2.45) is 0 Å². The zero-order valence-corrected chi connectivity index (χ0v) is 18.4. The van der Waals surface area contributed by atoms with Crippen molar-refractivity contribution in [2.45, 2.75) is 31.9 Å². The summed E-state index contributed by atoms with van der Waals surface area (Å²) >= 11 is 0. The molecule has 1 N–H and O–H groups in total. The minimum absolute atomic E-state index is 0.00777. The van der Waals surface area contributed by atoms with Gasteiger partial charge in [-0.3, -0.25) is 4.79 Å². The van der Waals surface area contributed by atoms with Crippen LogP contribution in [0.5, 0.6) is 0 Å². The van der Waals surface area contributed by atoms with Gasteiger partial charge in [-0.15, -0.1) is 0 Å². The Bertz CT molecular complexity index is 1420. The van der Waals surface area contributed by atoms with E-state index in [0.717, 1.165) is 25.1 Å². The standard InChI is InChI=1S/C23H19F3N6O3/c1-2-35-22(34)16-12-27-31(14-6-4-3-5-7-14)20(16)30-21(33)15-11-28-32-18(23(24,25)26)10-17(13-8-9-13)29-19(15)32/h3-7,10-13H,2,8-9H2,1H3,(H,30,33). The van der Waals surface area contributed by atoms with Crippen LogP contribution in [-0.2, 0) is 10.9 Å². The number of nitrogens with zero attached hydrogens (tertiary/aromatic N) is 5. The maximum Gasteiger partial charge on any atom is 0.433 e. The molecule has 4 aromatic rings. The fourth-order valence-corrected chi connectivity index (χ4v) is 3.70. The van der Waals surface area contributed by atoms with Crippen molar-refractivity contribution in [3.63, 3.8) is 0 Å². The average molecular weight is 484 g/mol. The lowest BCUT2D eigenvalue weighted by molar-refractivity contribution is -0.142. The summed E-state index contributed by atoms with van der Waals surface area (Å²) in [5, 5.41) is 10.6. The van der Waals surface area contributed by atoms with Crippen molar-refractivity contribution in [3.8, 4) is 5.69 Å². The molecule has 35 heavy (non-hydrogen) atoms. The third kappa shape index (κ3) is 4.22. The van der Waals surface area contributed by atoms with Crippen LogP contribution in [0.2, 0.25) is 0 Å². The number of hydrogen-bond acceptors (Lipinski definition) is 6. The van der Waals surface area contributed by atoms with Crippen molar-refractivity contribution < 1.29 is 27.5 Å². The number of para-hydroxylation sites is 1. The molecule has 0 bridgehead atoms. The van der Waals surface area contributed by atoms with Crippen LogP contribution >= 0.6 is 0 Å². The fraction of sp³-hybridized carbons (Fsp3) is 0.261. The van der Waals surface area contributed by atoms with Crippen molar-refractivity contribution in [1.29, 1.82) is 0 Å². The Balaban J connectivity index is 1.58. The normalized spacial score (nSPS) is 13.7. The summed E-state index contributed by atoms with van der Waals surface area (Å²) in [5.74, 6) is -1.58. The molecule has 0 atom stereocenters. The molecule has 0 radical (unpaired) electrons. The molecule has 1 aliphatic carbocycles. The molecule has 0 saturated heterocycles. The number of hydrogen-bond donors (Lipinski definition) is 1. The molecule has 1 saturated carbocycles. The highest BCUT2D eigenvalue weighted by Crippen LogP contribution is 2.41. The molecular weight excluding hydrogens is 465 g/mol. The molecule has 1 fully saturated rings. The Morgan fingerprint density at radius 3 is 2.49 bits per heavy atom. The number of rotatable bonds is 6. The van der Waals surface area contributed by atoms with Crippen LogP contribution in [0, 0.1) is 0 Å². The quantitative estimate of drug-likeness (QED) is 0.411. The van der Waals surface area contributed by atoms with E-state index >= 15 is 0 Å². The number of benzene rings is 1. The van der Waals surface area contributed by atoms with Gasteiger partial charge >= 0.3 is 12.1 Å². The molecule has 0 unspecified atom stereocenters. The molecule has 0 spiro atoms. The van der Waals surface area contributed by atoms with Gasteiger partial charge in [0.2, 0.25) is 0 Å². The summed E-state index contributed by atoms with van der Waals surface area (Å²) in [4.78, 5) is 30.1. The first-order valence-corrected chi connectivity index (χ1v) is 10.9. The third-order valence-corrected chi connectivity index (χ3v) is 5.52. The molecule has 180 valence electrons. The van der Waals surface area contributed by atoms with Crippen molar-refractivity contribution >= 4 is 23.3 Å². The van der Waals surface area contributed by atoms with Gasteiger partial charge in [-0.1, -0.05) is 18.2 Å². The Kier molecular flexibility index (Phi) is 5.50. The fourth-order valence-electron chi connectivity index (χ4n) is 3.70. The van der Waals surface area contributed by atoms with Gasteiger partial charge < -0.3 is 10.1 Å². The SMILES string of the molecule is CCOC(=O)c1cnn(-c2ccccc2)c1NC(=O)c1cnn2c(C(F)(F)F)cc(C3CC3)nc12. The van der Waals surface area contributed by atoms with Crippen LogP contribution in [0.4, 0.5) is 19.0 Å². The van der Waals surface area contributed by atoms with E-state index in [1.807, 2.05) is 0 Å². The van der Waals surface area contributed by atoms with Crippen molar-refractivity contribution in [1.82, 2.24) is 24.4 Å². The zero-order valence-electron chi connectivity index (χ0n) is 18.4. The number of carbonyl (C=O) groups is 2. The average Bonchev–Trinajstić information content (AvgIpc) is 3.46. The summed E-state index contributed by atoms with van der Waals surface area (Å²) < 4.78 is 48.1. The number of anilines is 1. The first-order chi connectivity index (χ1) is 16.8. The van der Waals surface area contributed by atoms with Gasteiger partial charge in [-0.2, -0.15) is 23.4 Å². The highest BCUT2D eigenvalue weighted by atomic mass is 19.4. The van der Waals surface area contributed by atoms with Crippen LogP contribution in [0.1, 0.15) is 57.8 Å². The number of carbonyl (C=O) groups excluding carboxylic acids is 2. The summed E-state index contributed by atoms with van der Waals surface area (Å²) in [7, 11) is 0. The highest BCUT2D eigenvalue weighted by Gasteiger charge is 2.38. The predicted octanol–water partition coefficient (Wildman–Crippen LogP) is 4.24. The lowest BCUT2D eigenvalue weighted by Gasteiger charge is -2.12. The molecule has 9 nitrogen and oxygen atoms in total. The Labute approximate surface area is 196 Å². The second-order valence-corrected chi connectivity index (χ2v) is 7.96. The van der Waals surface area contributed by atoms with Gasteiger partial charge in [0.25, 0.3) is 5.91 Å². The second-order valence-electron chi connectivity index (χ2n) is 7.96. The molecule has 1 aromatic carbocycles. The van der Waals surface area contributed by atoms with Gasteiger partial charge in [-0.25, -0.2) is 19.0 Å². The topological polar surface area (TPSA) is 103 Å². The van der Waals surface area contributed by atoms with E-state index in [2.05, 4.69) is 20.5 Å². The number of amides is 1. The predicted molar refractivity (Wildman–Crippen MR) is 117 cm³/mol. The summed E-state index contributed by atoms with van der Waals surface area (Å²) in [6.07, 6.45) is -0.947. The van der Waals surface area contributed by atoms with E-state index in [1.54, 1.807) is 37.3 Å². The summed E-state index contributed by atoms with van der Waals surface area (Å²) in [5.41, 5.74) is -0.600. The molecule has 3 heterocycles. The smallest absolute Gasteiger partial charge is 0.433 e. The molecule has 1 amide bonds. The number of fused-ring (bicyclic) bond motifs is 1. The van der Waals surface area contributed by atoms with Gasteiger partial charge in [0, 0.05) is 11.6 Å². The summed E-state index contributed by atoms with van der Waals surface area (Å²) in [6, 6.07) is 9.69. The monoisotopic (exact) mass is 484 g/mol. The van der Waals surface area contributed by atoms with Gasteiger partial charge in [0.1, 0.15) is 16.8 Å². The maximum absolute atomic E-state index is 13.7. The van der Waals surface area contributed by atoms with E-state index in [-0.39, 0.29) is 40.8 Å². The maximum atomic E-state index is 13.7. The lowest BCUT2D eigenvalue weighted by Crippen LogP contribution is -2.19. The van der Waals surface area contributed by atoms with Crippen LogP contribution in [0.15, 0.2) is 48.8 Å². The van der Waals surface area contributed by atoms with Crippen molar-refractivity contribution in [3.05, 3.63) is 71.3 Å². The third-order valence-electron chi connectivity index (χ3n) is 5.52. The van der Waals surface area contributed by atoms with E-state index in [1.165, 1.54) is 10.9 Å². The van der Waals surface area contributed by atoms with Crippen molar-refractivity contribution in [2.75, 3.05) is 11.9 Å². The van der Waals surface area contributed by atoms with E-state index in [0.29, 0.717) is 10.2 Å². The highest BCUT2D eigenvalue weighted by molar-refractivity contribution is 6.10. The Morgan fingerprint density at radius 1 is 1.11 bits per heavy atom. The van der Waals surface area contributed by atoms with E-state index in [9.17, 15) is 22.8 Å². The number of ether oxygens (including phenoxy) is 1. The van der Waals surface area contributed by atoms with Crippen LogP contribution in [-0.4, -0.2) is 42.9 Å². The molecular formula is C23H19F3N6O3. The molecule has 5 rings (SSSR count). The van der Waals surface area contributed by atoms with E-state index < -0.39 is 23.7 Å². The first kappa shape index (κ1) is 22.6. The number of halogens is 3. The summed E-state index contributed by atoms with van der Waals surface area (Å²) in [6.45, 7) is 1.74. The van der Waals surface area contributed by atoms with Crippen LogP contribution < -0.4 is 5.32 Å². The Hall–Kier alpha value is -4.22. The minimum atomic E-state index is -4.69. The molecule has 1 aliphatic rings. The minimum Gasteiger partial charge on any atom is -0.462 e. The zero-order chi connectivity index (χ0) is 24.7. The largest absolute Gasteiger partial charge is 0.462 e. The number of nitrogens with one attached hydrogen (secondary N) is 1. The molecule has 0 aliphatic heterocycles. The lowest BCUT2D eigenvalue weighted by atomic mass is 10.2. The second kappa shape index (κ2) is 8.53. The van der Waals surface area contributed by atoms with E-state index in [4.69, 9.17) is 4.74 Å². The van der Waals surface area contributed by atoms with Gasteiger partial charge in [0.05, 0.1) is 24.7 Å². The molecule has 12 heteroatoms. The molecule has 3 aromatic heterocycles. The number of aromatic nitrogens is 5. The van der Waals surface area contributed by atoms with Gasteiger partial charge in [0.15, 0.2) is 11.5 Å². The number of alkyl halides is 3. The van der Waals surface area contributed by atoms with Crippen LogP contribution in [0.25, 0.3) is 11.3 Å². The first-order valence-electron chi connectivity index (χ1n) is 10.9. The van der Waals surface area contributed by atoms with Gasteiger partial charge in [-0.05, 0) is 38.0 Å². The Morgan fingerprint density at radius 2 is 1.83 bits per heavy atom. The van der Waals surface area contributed by atoms with Crippen LogP contribution in [0.3, 0.4) is 0 Å².